The third-order valence-electron chi connectivity index (χ3n) is 3.94. The van der Waals surface area contributed by atoms with E-state index in [0.717, 1.165) is 98.0 Å². The zero-order chi connectivity index (χ0) is 30.5. The van der Waals surface area contributed by atoms with Gasteiger partial charge < -0.3 is 89.2 Å². The lowest BCUT2D eigenvalue weighted by Crippen LogP contribution is -2.35. The van der Waals surface area contributed by atoms with E-state index in [1.54, 1.807) is 0 Å². The van der Waals surface area contributed by atoms with Crippen molar-refractivity contribution in [2.45, 2.75) is 6.42 Å². The van der Waals surface area contributed by atoms with E-state index < -0.39 is 0 Å². The van der Waals surface area contributed by atoms with Gasteiger partial charge in [0.1, 0.15) is 0 Å². The van der Waals surface area contributed by atoms with Gasteiger partial charge in [0.05, 0.1) is 0 Å². The maximum atomic E-state index is 5.32. The molecule has 0 unspecified atom stereocenters. The van der Waals surface area contributed by atoms with E-state index in [0.29, 0.717) is 52.4 Å². The van der Waals surface area contributed by atoms with Crippen molar-refractivity contribution in [3.05, 3.63) is 0 Å². The van der Waals surface area contributed by atoms with Gasteiger partial charge in [-0.3, -0.25) is 0 Å². The molecule has 16 heteroatoms. The molecule has 26 N–H and O–H groups in total. The van der Waals surface area contributed by atoms with Crippen molar-refractivity contribution in [3.63, 3.8) is 0 Å². The molecule has 0 aromatic carbocycles. The van der Waals surface area contributed by atoms with Crippen LogP contribution in [0.2, 0.25) is 0 Å². The minimum Gasteiger partial charge on any atom is -0.330 e. The molecule has 0 spiro atoms. The summed E-state index contributed by atoms with van der Waals surface area (Å²) in [6.07, 6.45) is 0.944. The molecule has 0 radical (unpaired) electrons. The van der Waals surface area contributed by atoms with Crippen LogP contribution < -0.4 is 89.2 Å². The van der Waals surface area contributed by atoms with E-state index >= 15 is 0 Å². The van der Waals surface area contributed by atoms with Gasteiger partial charge in [0.25, 0.3) is 0 Å². The van der Waals surface area contributed by atoms with Crippen molar-refractivity contribution in [1.29, 1.82) is 0 Å². The Morgan fingerprint density at radius 2 is 0.385 bits per heavy atom. The number of hydrogen-bond donors (Lipinski definition) is 16. The highest BCUT2D eigenvalue weighted by Crippen LogP contribution is 1.61. The lowest BCUT2D eigenvalue weighted by Gasteiger charge is -2.06. The largest absolute Gasteiger partial charge is 0.330 e. The number of nitrogens with two attached hydrogens (primary N) is 10. The zero-order valence-corrected chi connectivity index (χ0v) is 25.0. The molecule has 0 fully saturated rings. The van der Waals surface area contributed by atoms with Gasteiger partial charge in [-0.1, -0.05) is 0 Å². The molecule has 39 heavy (non-hydrogen) atoms. The minimum atomic E-state index is 0.597. The van der Waals surface area contributed by atoms with Gasteiger partial charge in [-0.2, -0.15) is 0 Å². The summed E-state index contributed by atoms with van der Waals surface area (Å²) in [6.45, 7) is 18.0. The molecule has 0 aliphatic heterocycles. The predicted molar refractivity (Wildman–Crippen MR) is 172 cm³/mol. The van der Waals surface area contributed by atoms with Gasteiger partial charge in [-0.15, -0.1) is 0 Å². The second kappa shape index (κ2) is 61.4. The Kier molecular flexibility index (Phi) is 75.8. The molecule has 0 aliphatic rings. The first-order valence-corrected chi connectivity index (χ1v) is 14.3. The maximum Gasteiger partial charge on any atom is 0.00772 e. The van der Waals surface area contributed by atoms with Crippen LogP contribution in [0.1, 0.15) is 6.42 Å². The maximum absolute atomic E-state index is 5.32. The molecule has 0 amide bonds. The Bertz CT molecular complexity index is 294. The zero-order valence-electron chi connectivity index (χ0n) is 25.0. The average molecular weight is 573 g/mol. The molecule has 0 aliphatic carbocycles. The van der Waals surface area contributed by atoms with Crippen LogP contribution >= 0.6 is 0 Å². The van der Waals surface area contributed by atoms with Gasteiger partial charge in [-0.25, -0.2) is 0 Å². The molecule has 0 atom stereocenters. The SMILES string of the molecule is NCCCN.NCCN.NCCNCCN.NCCNCCNCCN.NCCNCCNCCNCCN. The van der Waals surface area contributed by atoms with Crippen molar-refractivity contribution < 1.29 is 0 Å². The predicted octanol–water partition coefficient (Wildman–Crippen LogP) is -7.55. The van der Waals surface area contributed by atoms with Crippen molar-refractivity contribution in [1.82, 2.24) is 31.9 Å². The highest BCUT2D eigenvalue weighted by atomic mass is 15.0. The first kappa shape index (κ1) is 48.1. The summed E-state index contributed by atoms with van der Waals surface area (Å²) >= 11 is 0. The number of hydrogen-bond acceptors (Lipinski definition) is 16. The first-order chi connectivity index (χ1) is 19.1. The minimum absolute atomic E-state index is 0.597. The highest BCUT2D eigenvalue weighted by molar-refractivity contribution is 4.55. The lowest BCUT2D eigenvalue weighted by molar-refractivity contribution is 0.586. The van der Waals surface area contributed by atoms with Crippen LogP contribution in [0, 0.1) is 0 Å². The van der Waals surface area contributed by atoms with Crippen molar-refractivity contribution in [2.24, 2.45) is 57.3 Å². The number of rotatable bonds is 24. The van der Waals surface area contributed by atoms with E-state index in [1.807, 2.05) is 0 Å². The van der Waals surface area contributed by atoms with Crippen LogP contribution in [0.25, 0.3) is 0 Å². The van der Waals surface area contributed by atoms with Crippen LogP contribution in [0.15, 0.2) is 0 Å². The Balaban J connectivity index is -0.000000132. The number of nitrogens with one attached hydrogen (secondary N) is 6. The summed E-state index contributed by atoms with van der Waals surface area (Å²) in [4.78, 5) is 0. The molecule has 0 saturated carbocycles. The van der Waals surface area contributed by atoms with Crippen LogP contribution in [0.5, 0.6) is 0 Å². The third-order valence-corrected chi connectivity index (χ3v) is 3.94. The Labute approximate surface area is 239 Å². The lowest BCUT2D eigenvalue weighted by atomic mass is 10.4. The van der Waals surface area contributed by atoms with Crippen molar-refractivity contribution in [2.75, 3.05) is 144 Å². The summed E-state index contributed by atoms with van der Waals surface area (Å²) < 4.78 is 0. The fourth-order valence-electron chi connectivity index (χ4n) is 2.01. The topological polar surface area (TPSA) is 332 Å². The average Bonchev–Trinajstić information content (AvgIpc) is 2.96. The molecule has 0 aromatic heterocycles. The van der Waals surface area contributed by atoms with E-state index in [4.69, 9.17) is 57.3 Å². The Morgan fingerprint density at radius 1 is 0.205 bits per heavy atom. The third kappa shape index (κ3) is 85.6. The van der Waals surface area contributed by atoms with E-state index in [9.17, 15) is 0 Å². The molecule has 244 valence electrons. The van der Waals surface area contributed by atoms with Crippen LogP contribution in [-0.2, 0) is 0 Å². The van der Waals surface area contributed by atoms with Gasteiger partial charge in [-0.05, 0) is 19.5 Å². The molecule has 0 saturated heterocycles. The fourth-order valence-corrected chi connectivity index (χ4v) is 2.01. The molecule has 0 rings (SSSR count). The monoisotopic (exact) mass is 573 g/mol. The smallest absolute Gasteiger partial charge is 0.00772 e. The molecular formula is C23H72N16. The van der Waals surface area contributed by atoms with Gasteiger partial charge >= 0.3 is 0 Å². The van der Waals surface area contributed by atoms with Crippen molar-refractivity contribution >= 4 is 0 Å². The molecular weight excluding hydrogens is 500 g/mol. The van der Waals surface area contributed by atoms with Crippen LogP contribution in [-0.4, -0.2) is 144 Å². The second-order valence-corrected chi connectivity index (χ2v) is 7.74. The standard InChI is InChI=1S/C8H23N5.C6H18N4.C4H13N3.C3H10N2.C2H8N2/c9-1-3-11-5-7-13-8-6-12-4-2-10;7-1-3-9-5-6-10-4-2-8;5-1-3-7-4-2-6;4-2-1-3-5;3-1-2-4/h11-13H,1-10H2;9-10H,1-8H2;7H,1-6H2;1-5H2;1-4H2. The summed E-state index contributed by atoms with van der Waals surface area (Å²) in [6, 6.07) is 0. The quantitative estimate of drug-likeness (QED) is 0.0477. The van der Waals surface area contributed by atoms with E-state index in [-0.39, 0.29) is 0 Å². The van der Waals surface area contributed by atoms with E-state index in [2.05, 4.69) is 31.9 Å². The Hall–Kier alpha value is -0.640. The van der Waals surface area contributed by atoms with Crippen molar-refractivity contribution in [3.8, 4) is 0 Å². The summed E-state index contributed by atoms with van der Waals surface area (Å²) in [5.41, 5.74) is 51.4. The highest BCUT2D eigenvalue weighted by Gasteiger charge is 1.87. The van der Waals surface area contributed by atoms with Crippen LogP contribution in [0.3, 0.4) is 0 Å². The Morgan fingerprint density at radius 3 is 0.513 bits per heavy atom. The molecule has 16 nitrogen and oxygen atoms in total. The molecule has 0 heterocycles. The normalized spacial score (nSPS) is 9.69. The van der Waals surface area contributed by atoms with Gasteiger partial charge in [0.2, 0.25) is 0 Å². The summed E-state index contributed by atoms with van der Waals surface area (Å²) in [5.74, 6) is 0. The second-order valence-electron chi connectivity index (χ2n) is 7.74. The van der Waals surface area contributed by atoms with E-state index in [1.165, 1.54) is 0 Å². The summed E-state index contributed by atoms with van der Waals surface area (Å²) in [7, 11) is 0. The van der Waals surface area contributed by atoms with Crippen LogP contribution in [0.4, 0.5) is 0 Å². The molecule has 0 bridgehead atoms. The first-order valence-electron chi connectivity index (χ1n) is 14.3. The van der Waals surface area contributed by atoms with Gasteiger partial charge in [0.15, 0.2) is 0 Å². The summed E-state index contributed by atoms with van der Waals surface area (Å²) in [5, 5.41) is 19.1. The molecule has 0 aromatic rings. The van der Waals surface area contributed by atoms with Gasteiger partial charge in [0, 0.05) is 131 Å². The fraction of sp³-hybridized carbons (Fsp3) is 1.00.